The molecule has 0 bridgehead atoms. The first-order chi connectivity index (χ1) is 18.3. The van der Waals surface area contributed by atoms with Crippen LogP contribution in [0.3, 0.4) is 0 Å². The predicted octanol–water partition coefficient (Wildman–Crippen LogP) is 4.07. The van der Waals surface area contributed by atoms with E-state index in [2.05, 4.69) is 59.0 Å². The number of nitrogens with one attached hydrogen (secondary N) is 3. The van der Waals surface area contributed by atoms with E-state index in [1.807, 2.05) is 19.1 Å². The van der Waals surface area contributed by atoms with Crippen LogP contribution in [0, 0.1) is 11.8 Å². The lowest BCUT2D eigenvalue weighted by molar-refractivity contribution is -0.129. The average molecular weight is 517 g/mol. The van der Waals surface area contributed by atoms with Crippen molar-refractivity contribution in [1.82, 2.24) is 16.0 Å². The smallest absolute Gasteiger partial charge is 0.251 e. The Morgan fingerprint density at radius 1 is 1.16 bits per heavy atom. The highest BCUT2D eigenvalue weighted by Gasteiger charge is 2.49. The number of hydrogen-bond acceptors (Lipinski definition) is 5. The van der Waals surface area contributed by atoms with Gasteiger partial charge in [0.05, 0.1) is 5.92 Å². The van der Waals surface area contributed by atoms with Gasteiger partial charge >= 0.3 is 0 Å². The zero-order chi connectivity index (χ0) is 26.4. The Hall–Kier alpha value is -3.06. The number of amides is 2. The van der Waals surface area contributed by atoms with Crippen molar-refractivity contribution in [1.29, 1.82) is 0 Å². The normalized spacial score (nSPS) is 30.3. The first-order valence-corrected chi connectivity index (χ1v) is 14.3. The highest BCUT2D eigenvalue weighted by Crippen LogP contribution is 2.56. The van der Waals surface area contributed by atoms with Crippen LogP contribution < -0.4 is 25.6 Å². The summed E-state index contributed by atoms with van der Waals surface area (Å²) in [5, 5.41) is 9.52. The second kappa shape index (κ2) is 9.92. The number of rotatable bonds is 5. The van der Waals surface area contributed by atoms with Gasteiger partial charge in [0.25, 0.3) is 5.91 Å². The van der Waals surface area contributed by atoms with Gasteiger partial charge in [0, 0.05) is 67.1 Å². The van der Waals surface area contributed by atoms with E-state index < -0.39 is 0 Å². The van der Waals surface area contributed by atoms with Crippen LogP contribution in [0.25, 0.3) is 11.1 Å². The van der Waals surface area contributed by atoms with E-state index in [0.717, 1.165) is 74.3 Å². The van der Waals surface area contributed by atoms with E-state index in [0.29, 0.717) is 18.0 Å². The van der Waals surface area contributed by atoms with Crippen LogP contribution in [0.15, 0.2) is 36.4 Å². The summed E-state index contributed by atoms with van der Waals surface area (Å²) in [6, 6.07) is 12.9. The third-order valence-corrected chi connectivity index (χ3v) is 9.27. The van der Waals surface area contributed by atoms with Crippen molar-refractivity contribution in [2.45, 2.75) is 64.0 Å². The fourth-order valence-electron chi connectivity index (χ4n) is 7.11. The second-order valence-electron chi connectivity index (χ2n) is 12.0. The second-order valence-corrected chi connectivity index (χ2v) is 12.0. The number of nitrogens with zero attached hydrogens (tertiary/aromatic N) is 1. The molecule has 7 nitrogen and oxygen atoms in total. The number of fused-ring (bicyclic) bond motifs is 3. The number of hydrogen-bond donors (Lipinski definition) is 3. The quantitative estimate of drug-likeness (QED) is 0.558. The number of carbonyl (C=O) groups is 2. The molecule has 2 aromatic carbocycles. The van der Waals surface area contributed by atoms with Crippen molar-refractivity contribution in [2.75, 3.05) is 37.6 Å². The van der Waals surface area contributed by atoms with Crippen molar-refractivity contribution in [2.24, 2.45) is 11.8 Å². The number of piperazine rings is 1. The van der Waals surface area contributed by atoms with Gasteiger partial charge in [-0.1, -0.05) is 19.1 Å². The molecule has 2 saturated heterocycles. The molecule has 3 unspecified atom stereocenters. The van der Waals surface area contributed by atoms with Crippen LogP contribution in [-0.2, 0) is 4.79 Å². The SMILES string of the molecule is CC1CC(C)C(CNC(=O)c2cc(-c3ccc(N4CCNCC4)cc3)c3c(c2)[C@@H]2CCC[C@]2(C)O3)C(=O)N1. The Kier molecular flexibility index (Phi) is 6.58. The van der Waals surface area contributed by atoms with E-state index in [1.54, 1.807) is 0 Å². The summed E-state index contributed by atoms with van der Waals surface area (Å²) in [6.07, 6.45) is 4.17. The van der Waals surface area contributed by atoms with Gasteiger partial charge in [0.15, 0.2) is 0 Å². The number of benzene rings is 2. The zero-order valence-corrected chi connectivity index (χ0v) is 22.8. The number of carbonyl (C=O) groups excluding carboxylic acids is 2. The lowest BCUT2D eigenvalue weighted by Crippen LogP contribution is -2.50. The molecule has 3 aliphatic heterocycles. The third kappa shape index (κ3) is 4.55. The summed E-state index contributed by atoms with van der Waals surface area (Å²) in [4.78, 5) is 28.5. The van der Waals surface area contributed by atoms with Crippen molar-refractivity contribution in [3.8, 4) is 16.9 Å². The molecule has 1 aliphatic carbocycles. The van der Waals surface area contributed by atoms with Crippen LogP contribution >= 0.6 is 0 Å². The van der Waals surface area contributed by atoms with Crippen molar-refractivity contribution in [3.63, 3.8) is 0 Å². The molecule has 3 fully saturated rings. The molecule has 3 N–H and O–H groups in total. The Morgan fingerprint density at radius 3 is 2.66 bits per heavy atom. The molecule has 4 aliphatic rings. The molecular weight excluding hydrogens is 476 g/mol. The molecule has 7 heteroatoms. The summed E-state index contributed by atoms with van der Waals surface area (Å²) in [5.41, 5.74) is 4.85. The molecule has 2 amide bonds. The highest BCUT2D eigenvalue weighted by atomic mass is 16.5. The fraction of sp³-hybridized carbons (Fsp3) is 0.548. The predicted molar refractivity (Wildman–Crippen MR) is 150 cm³/mol. The average Bonchev–Trinajstić information content (AvgIpc) is 3.42. The van der Waals surface area contributed by atoms with Gasteiger partial charge in [-0.15, -0.1) is 0 Å². The van der Waals surface area contributed by atoms with Crippen LogP contribution in [0.5, 0.6) is 5.75 Å². The van der Waals surface area contributed by atoms with Crippen molar-refractivity contribution >= 4 is 17.5 Å². The lowest BCUT2D eigenvalue weighted by atomic mass is 9.84. The standard InChI is InChI=1S/C31H40N4O3/c1-19-15-20(2)34-30(37)26(19)18-33-29(36)22-16-24(28-25(17-22)27-5-4-10-31(27,3)38-28)21-6-8-23(9-7-21)35-13-11-32-12-14-35/h6-9,16-17,19-20,26-27,32H,4-5,10-15,18H2,1-3H3,(H,33,36)(H,34,37)/t19?,20?,26?,27-,31-/m0/s1. The van der Waals surface area contributed by atoms with E-state index in [9.17, 15) is 9.59 Å². The molecule has 38 heavy (non-hydrogen) atoms. The third-order valence-electron chi connectivity index (χ3n) is 9.27. The zero-order valence-electron chi connectivity index (χ0n) is 22.8. The minimum absolute atomic E-state index is 0.0332. The summed E-state index contributed by atoms with van der Waals surface area (Å²) in [6.45, 7) is 10.7. The van der Waals surface area contributed by atoms with Crippen LogP contribution in [-0.4, -0.2) is 56.2 Å². The largest absolute Gasteiger partial charge is 0.486 e. The van der Waals surface area contributed by atoms with Gasteiger partial charge in [-0.05, 0) is 75.3 Å². The summed E-state index contributed by atoms with van der Waals surface area (Å²) in [5.74, 6) is 1.16. The number of ether oxygens (including phenoxy) is 1. The minimum Gasteiger partial charge on any atom is -0.486 e. The van der Waals surface area contributed by atoms with Gasteiger partial charge in [-0.3, -0.25) is 9.59 Å². The van der Waals surface area contributed by atoms with Gasteiger partial charge in [0.1, 0.15) is 11.4 Å². The van der Waals surface area contributed by atoms with Crippen LogP contribution in [0.1, 0.15) is 68.3 Å². The molecule has 6 rings (SSSR count). The van der Waals surface area contributed by atoms with Crippen molar-refractivity contribution < 1.29 is 14.3 Å². The van der Waals surface area contributed by atoms with Crippen molar-refractivity contribution in [3.05, 3.63) is 47.5 Å². The van der Waals surface area contributed by atoms with E-state index in [1.165, 1.54) is 5.69 Å². The molecule has 0 spiro atoms. The van der Waals surface area contributed by atoms with Crippen LogP contribution in [0.2, 0.25) is 0 Å². The maximum Gasteiger partial charge on any atom is 0.251 e. The number of piperidine rings is 1. The Balaban J connectivity index is 1.29. The number of anilines is 1. The first-order valence-electron chi connectivity index (χ1n) is 14.3. The van der Waals surface area contributed by atoms with E-state index >= 15 is 0 Å². The molecular formula is C31H40N4O3. The minimum atomic E-state index is -0.209. The summed E-state index contributed by atoms with van der Waals surface area (Å²) >= 11 is 0. The van der Waals surface area contributed by atoms with Gasteiger partial charge in [-0.2, -0.15) is 0 Å². The maximum absolute atomic E-state index is 13.5. The molecule has 0 radical (unpaired) electrons. The molecule has 5 atom stereocenters. The molecule has 0 aromatic heterocycles. The monoisotopic (exact) mass is 516 g/mol. The Morgan fingerprint density at radius 2 is 1.92 bits per heavy atom. The molecule has 1 saturated carbocycles. The molecule has 2 aromatic rings. The van der Waals surface area contributed by atoms with Crippen LogP contribution in [0.4, 0.5) is 5.69 Å². The molecule has 3 heterocycles. The Labute approximate surface area is 225 Å². The topological polar surface area (TPSA) is 82.7 Å². The lowest BCUT2D eigenvalue weighted by Gasteiger charge is -2.32. The van der Waals surface area contributed by atoms with E-state index in [4.69, 9.17) is 4.74 Å². The maximum atomic E-state index is 13.5. The fourth-order valence-corrected chi connectivity index (χ4v) is 7.11. The van der Waals surface area contributed by atoms with E-state index in [-0.39, 0.29) is 35.3 Å². The molecule has 202 valence electrons. The van der Waals surface area contributed by atoms with Gasteiger partial charge < -0.3 is 25.6 Å². The summed E-state index contributed by atoms with van der Waals surface area (Å²) in [7, 11) is 0. The first kappa shape index (κ1) is 25.2. The van der Waals surface area contributed by atoms with Gasteiger partial charge in [-0.25, -0.2) is 0 Å². The summed E-state index contributed by atoms with van der Waals surface area (Å²) < 4.78 is 6.68. The van der Waals surface area contributed by atoms with Gasteiger partial charge in [0.2, 0.25) is 5.91 Å². The highest BCUT2D eigenvalue weighted by molar-refractivity contribution is 5.97. The Bertz CT molecular complexity index is 1220.